The van der Waals surface area contributed by atoms with E-state index in [0.717, 1.165) is 35.5 Å². The van der Waals surface area contributed by atoms with Gasteiger partial charge in [0.25, 0.3) is 5.91 Å². The van der Waals surface area contributed by atoms with Crippen LogP contribution in [0.2, 0.25) is 5.02 Å². The highest BCUT2D eigenvalue weighted by Gasteiger charge is 2.54. The van der Waals surface area contributed by atoms with Gasteiger partial charge in [-0.05, 0) is 65.8 Å². The van der Waals surface area contributed by atoms with Crippen molar-refractivity contribution in [1.82, 2.24) is 25.8 Å². The minimum absolute atomic E-state index is 0.0218. The van der Waals surface area contributed by atoms with Gasteiger partial charge in [-0.25, -0.2) is 0 Å². The fourth-order valence-electron chi connectivity index (χ4n) is 7.75. The zero-order valence-corrected chi connectivity index (χ0v) is 30.0. The van der Waals surface area contributed by atoms with E-state index < -0.39 is 11.6 Å². The molecule has 4 aromatic rings. The first-order valence-corrected chi connectivity index (χ1v) is 18.4. The number of benzene rings is 4. The summed E-state index contributed by atoms with van der Waals surface area (Å²) in [6, 6.07) is 35.0. The van der Waals surface area contributed by atoms with Gasteiger partial charge in [0.15, 0.2) is 0 Å². The summed E-state index contributed by atoms with van der Waals surface area (Å²) in [5, 5.41) is 10.7. The van der Waals surface area contributed by atoms with Crippen LogP contribution in [0.4, 0.5) is 5.69 Å². The quantitative estimate of drug-likeness (QED) is 0.201. The number of nitrogens with one attached hydrogen (secondary N) is 3. The monoisotopic (exact) mass is 716 g/mol. The highest BCUT2D eigenvalue weighted by atomic mass is 35.5. The summed E-state index contributed by atoms with van der Waals surface area (Å²) in [4.78, 5) is 47.5. The Labute approximate surface area is 310 Å². The number of rotatable bonds is 11. The fourth-order valence-corrected chi connectivity index (χ4v) is 7.87. The number of likely N-dealkylation sites (tertiary alicyclic amines) is 1. The summed E-state index contributed by atoms with van der Waals surface area (Å²) in [7, 11) is 0. The average molecular weight is 717 g/mol. The Bertz CT molecular complexity index is 1900. The minimum atomic E-state index is -0.861. The van der Waals surface area contributed by atoms with Gasteiger partial charge in [-0.15, -0.1) is 0 Å². The lowest BCUT2D eigenvalue weighted by Crippen LogP contribution is -2.59. The summed E-state index contributed by atoms with van der Waals surface area (Å²) >= 11 is 6.20. The van der Waals surface area contributed by atoms with Crippen LogP contribution in [0.3, 0.4) is 0 Å². The molecule has 3 amide bonds. The number of piperidine rings is 1. The van der Waals surface area contributed by atoms with Gasteiger partial charge in [0.2, 0.25) is 11.8 Å². The fraction of sp³-hybridized carbons (Fsp3) is 0.310. The third-order valence-electron chi connectivity index (χ3n) is 10.7. The van der Waals surface area contributed by atoms with Crippen LogP contribution in [0.15, 0.2) is 121 Å². The molecule has 52 heavy (non-hydrogen) atoms. The van der Waals surface area contributed by atoms with Crippen LogP contribution in [0.5, 0.6) is 0 Å². The number of amides is 3. The molecular formula is C42H45ClN6O3. The van der Waals surface area contributed by atoms with E-state index in [1.54, 1.807) is 4.90 Å². The molecule has 2 atom stereocenters. The standard InChI is InChI=1S/C42H45ClN6O3/c1-30(37-25-33-12-8-9-13-34(33)27-44-37)46-38(24-31-16-18-35(43)19-17-31)40(51)47-22-20-42(21-23-47)41(52)48(29-49(42)36-14-6-3-7-15-36)28-39(50)45-26-32-10-4-2-5-11-32/h2-19,37-38,44,46H,1,20-29H2,(H,45,50)/t37-,38-/m1/s1. The molecule has 0 saturated carbocycles. The molecule has 3 N–H and O–H groups in total. The number of para-hydroxylation sites is 1. The van der Waals surface area contributed by atoms with Crippen LogP contribution < -0.4 is 20.9 Å². The normalized spacial score (nSPS) is 18.5. The first-order valence-electron chi connectivity index (χ1n) is 18.0. The van der Waals surface area contributed by atoms with Gasteiger partial charge in [0, 0.05) is 49.0 Å². The van der Waals surface area contributed by atoms with Crippen LogP contribution in [0, 0.1) is 0 Å². The van der Waals surface area contributed by atoms with E-state index >= 15 is 0 Å². The highest BCUT2D eigenvalue weighted by molar-refractivity contribution is 6.30. The Hall–Kier alpha value is -5.12. The smallest absolute Gasteiger partial charge is 0.250 e. The zero-order valence-electron chi connectivity index (χ0n) is 29.3. The molecule has 10 heteroatoms. The van der Waals surface area contributed by atoms with Crippen LogP contribution in [0.25, 0.3) is 0 Å². The molecule has 268 valence electrons. The molecule has 0 aromatic heterocycles. The number of carbonyl (C=O) groups is 3. The highest BCUT2D eigenvalue weighted by Crippen LogP contribution is 2.39. The molecule has 3 heterocycles. The van der Waals surface area contributed by atoms with Crippen LogP contribution in [0.1, 0.15) is 35.1 Å². The molecule has 0 bridgehead atoms. The third-order valence-corrected chi connectivity index (χ3v) is 10.9. The lowest BCUT2D eigenvalue weighted by atomic mass is 9.85. The van der Waals surface area contributed by atoms with Crippen LogP contribution >= 0.6 is 11.6 Å². The van der Waals surface area contributed by atoms with Crippen molar-refractivity contribution in [3.63, 3.8) is 0 Å². The van der Waals surface area contributed by atoms with E-state index in [0.29, 0.717) is 50.6 Å². The minimum Gasteiger partial charge on any atom is -0.376 e. The van der Waals surface area contributed by atoms with Gasteiger partial charge in [0.05, 0.1) is 12.7 Å². The molecule has 2 saturated heterocycles. The lowest BCUT2D eigenvalue weighted by Gasteiger charge is -2.44. The van der Waals surface area contributed by atoms with Gasteiger partial charge in [-0.2, -0.15) is 0 Å². The van der Waals surface area contributed by atoms with E-state index in [4.69, 9.17) is 11.6 Å². The molecule has 0 aliphatic carbocycles. The zero-order chi connectivity index (χ0) is 36.1. The van der Waals surface area contributed by atoms with Gasteiger partial charge in [-0.3, -0.25) is 14.4 Å². The Morgan fingerprint density at radius 2 is 1.52 bits per heavy atom. The van der Waals surface area contributed by atoms with E-state index in [1.165, 1.54) is 11.1 Å². The predicted octanol–water partition coefficient (Wildman–Crippen LogP) is 5.05. The number of carbonyl (C=O) groups excluding carboxylic acids is 3. The van der Waals surface area contributed by atoms with Crippen molar-refractivity contribution < 1.29 is 14.4 Å². The predicted molar refractivity (Wildman–Crippen MR) is 204 cm³/mol. The maximum atomic E-state index is 14.4. The van der Waals surface area contributed by atoms with Crippen molar-refractivity contribution in [2.45, 2.75) is 56.4 Å². The number of hydrogen-bond donors (Lipinski definition) is 3. The Balaban J connectivity index is 1.06. The molecule has 2 fully saturated rings. The van der Waals surface area contributed by atoms with E-state index in [1.807, 2.05) is 89.8 Å². The SMILES string of the molecule is C=C(N[C@H](Cc1ccc(Cl)cc1)C(=O)N1CCC2(CC1)C(=O)N(CC(=O)NCc1ccccc1)CN2c1ccccc1)[C@H]1Cc2ccccc2CN1. The molecule has 7 rings (SSSR count). The van der Waals surface area contributed by atoms with Crippen molar-refractivity contribution in [3.8, 4) is 0 Å². The topological polar surface area (TPSA) is 97.0 Å². The molecule has 1 spiro atoms. The summed E-state index contributed by atoms with van der Waals surface area (Å²) in [5.41, 5.74) is 5.38. The maximum Gasteiger partial charge on any atom is 0.250 e. The van der Waals surface area contributed by atoms with Gasteiger partial charge < -0.3 is 30.7 Å². The van der Waals surface area contributed by atoms with Crippen LogP contribution in [-0.4, -0.2) is 71.4 Å². The molecule has 9 nitrogen and oxygen atoms in total. The summed E-state index contributed by atoms with van der Waals surface area (Å²) in [6.45, 7) is 6.60. The number of hydrogen-bond acceptors (Lipinski definition) is 6. The molecule has 0 radical (unpaired) electrons. The first kappa shape index (κ1) is 35.3. The van der Waals surface area contributed by atoms with Crippen molar-refractivity contribution in [2.75, 3.05) is 31.2 Å². The largest absolute Gasteiger partial charge is 0.376 e. The van der Waals surface area contributed by atoms with Gasteiger partial charge in [0.1, 0.15) is 18.1 Å². The molecular weight excluding hydrogens is 672 g/mol. The third kappa shape index (κ3) is 7.71. The second kappa shape index (κ2) is 15.6. The average Bonchev–Trinajstić information content (AvgIpc) is 3.44. The summed E-state index contributed by atoms with van der Waals surface area (Å²) in [5.74, 6) is -0.315. The number of nitrogens with zero attached hydrogens (tertiary/aromatic N) is 3. The van der Waals surface area contributed by atoms with Crippen molar-refractivity contribution in [3.05, 3.63) is 149 Å². The number of fused-ring (bicyclic) bond motifs is 1. The Morgan fingerprint density at radius 3 is 2.23 bits per heavy atom. The number of anilines is 1. The molecule has 0 unspecified atom stereocenters. The number of halogens is 1. The second-order valence-corrected chi connectivity index (χ2v) is 14.4. The van der Waals surface area contributed by atoms with Crippen molar-refractivity contribution in [2.24, 2.45) is 0 Å². The first-order chi connectivity index (χ1) is 25.3. The Morgan fingerprint density at radius 1 is 0.865 bits per heavy atom. The van der Waals surface area contributed by atoms with E-state index in [-0.39, 0.29) is 30.3 Å². The van der Waals surface area contributed by atoms with E-state index in [9.17, 15) is 14.4 Å². The van der Waals surface area contributed by atoms with E-state index in [2.05, 4.69) is 51.7 Å². The van der Waals surface area contributed by atoms with Gasteiger partial charge >= 0.3 is 0 Å². The molecule has 3 aliphatic heterocycles. The second-order valence-electron chi connectivity index (χ2n) is 14.0. The van der Waals surface area contributed by atoms with Crippen molar-refractivity contribution in [1.29, 1.82) is 0 Å². The van der Waals surface area contributed by atoms with Gasteiger partial charge in [-0.1, -0.05) is 103 Å². The summed E-state index contributed by atoms with van der Waals surface area (Å²) in [6.07, 6.45) is 2.14. The maximum absolute atomic E-state index is 14.4. The summed E-state index contributed by atoms with van der Waals surface area (Å²) < 4.78 is 0. The van der Waals surface area contributed by atoms with Crippen LogP contribution in [-0.2, 0) is 40.3 Å². The lowest BCUT2D eigenvalue weighted by molar-refractivity contribution is -0.140. The van der Waals surface area contributed by atoms with Crippen molar-refractivity contribution >= 4 is 35.0 Å². The molecule has 3 aliphatic rings. The Kier molecular flexibility index (Phi) is 10.6. The molecule has 4 aromatic carbocycles.